The van der Waals surface area contributed by atoms with E-state index in [9.17, 15) is 13.2 Å². The predicted octanol–water partition coefficient (Wildman–Crippen LogP) is 3.45. The van der Waals surface area contributed by atoms with Gasteiger partial charge in [0.1, 0.15) is 6.33 Å². The van der Waals surface area contributed by atoms with E-state index in [-0.39, 0.29) is 0 Å². The van der Waals surface area contributed by atoms with Crippen molar-refractivity contribution in [3.8, 4) is 5.69 Å². The number of hydrogen-bond acceptors (Lipinski definition) is 3. The molecule has 0 radical (unpaired) electrons. The van der Waals surface area contributed by atoms with Crippen LogP contribution in [0.2, 0.25) is 0 Å². The maximum Gasteiger partial charge on any atom is 0.453 e. The van der Waals surface area contributed by atoms with Crippen molar-refractivity contribution in [1.82, 2.24) is 14.8 Å². The van der Waals surface area contributed by atoms with Gasteiger partial charge in [-0.3, -0.25) is 0 Å². The number of rotatable bonds is 2. The lowest BCUT2D eigenvalue weighted by molar-refractivity contribution is -0.144. The molecule has 0 aliphatic heterocycles. The third-order valence-corrected chi connectivity index (χ3v) is 3.25. The van der Waals surface area contributed by atoms with Crippen LogP contribution in [-0.4, -0.2) is 14.8 Å². The molecule has 102 valence electrons. The number of hydrogen-bond donors (Lipinski definition) is 1. The fourth-order valence-electron chi connectivity index (χ4n) is 1.75. The van der Waals surface area contributed by atoms with E-state index >= 15 is 0 Å². The van der Waals surface area contributed by atoms with Crippen LogP contribution >= 0.6 is 12.6 Å². The number of aryl methyl sites for hydroxylation is 2. The van der Waals surface area contributed by atoms with E-state index in [1.54, 1.807) is 6.07 Å². The summed E-state index contributed by atoms with van der Waals surface area (Å²) in [5, 5.41) is 3.48. The number of benzene rings is 1. The molecule has 1 heterocycles. The monoisotopic (exact) mass is 287 g/mol. The zero-order valence-electron chi connectivity index (χ0n) is 10.4. The van der Waals surface area contributed by atoms with Gasteiger partial charge in [0.25, 0.3) is 5.82 Å². The quantitative estimate of drug-likeness (QED) is 0.858. The first-order chi connectivity index (χ1) is 8.82. The Bertz CT molecular complexity index is 605. The molecule has 19 heavy (non-hydrogen) atoms. The molecule has 0 bridgehead atoms. The van der Waals surface area contributed by atoms with Crippen molar-refractivity contribution in [2.75, 3.05) is 0 Å². The predicted molar refractivity (Wildman–Crippen MR) is 67.7 cm³/mol. The second-order valence-corrected chi connectivity index (χ2v) is 4.61. The summed E-state index contributed by atoms with van der Waals surface area (Å²) in [6.07, 6.45) is -2.78. The summed E-state index contributed by atoms with van der Waals surface area (Å²) in [6, 6.07) is 3.60. The van der Waals surface area contributed by atoms with Crippen LogP contribution < -0.4 is 0 Å². The molecule has 0 fully saturated rings. The number of thiol groups is 1. The van der Waals surface area contributed by atoms with Gasteiger partial charge >= 0.3 is 6.18 Å². The van der Waals surface area contributed by atoms with Crippen LogP contribution in [0.4, 0.5) is 13.2 Å². The molecule has 2 aromatic rings. The van der Waals surface area contributed by atoms with Gasteiger partial charge in [0, 0.05) is 4.90 Å². The molecule has 0 amide bonds. The summed E-state index contributed by atoms with van der Waals surface area (Å²) in [7, 11) is 0. The highest BCUT2D eigenvalue weighted by atomic mass is 32.1. The van der Waals surface area contributed by atoms with Crippen molar-refractivity contribution in [3.05, 3.63) is 35.4 Å². The highest BCUT2D eigenvalue weighted by Gasteiger charge is 2.36. The minimum atomic E-state index is -4.54. The Labute approximate surface area is 113 Å². The van der Waals surface area contributed by atoms with Crippen molar-refractivity contribution < 1.29 is 13.2 Å². The molecule has 0 aliphatic carbocycles. The summed E-state index contributed by atoms with van der Waals surface area (Å²) in [6.45, 7) is 3.83. The Morgan fingerprint density at radius 3 is 2.53 bits per heavy atom. The number of nitrogens with zero attached hydrogens (tertiary/aromatic N) is 3. The molecule has 0 N–H and O–H groups in total. The van der Waals surface area contributed by atoms with Crippen molar-refractivity contribution in [2.24, 2.45) is 0 Å². The van der Waals surface area contributed by atoms with Crippen LogP contribution in [0.3, 0.4) is 0 Å². The van der Waals surface area contributed by atoms with Gasteiger partial charge in [0.2, 0.25) is 0 Å². The molecule has 0 saturated carbocycles. The molecule has 3 nitrogen and oxygen atoms in total. The summed E-state index contributed by atoms with van der Waals surface area (Å²) < 4.78 is 38.6. The Morgan fingerprint density at radius 2 is 2.00 bits per heavy atom. The van der Waals surface area contributed by atoms with E-state index in [0.717, 1.165) is 22.1 Å². The second-order valence-electron chi connectivity index (χ2n) is 4.13. The molecule has 7 heteroatoms. The number of alkyl halides is 3. The number of aromatic nitrogens is 3. The van der Waals surface area contributed by atoms with E-state index in [1.807, 2.05) is 19.9 Å². The molecule has 0 aliphatic rings. The molecular formula is C12H12F3N3S. The Kier molecular flexibility index (Phi) is 3.58. The van der Waals surface area contributed by atoms with Gasteiger partial charge < -0.3 is 0 Å². The summed E-state index contributed by atoms with van der Waals surface area (Å²) >= 11 is 4.28. The highest BCUT2D eigenvalue weighted by Crippen LogP contribution is 2.27. The van der Waals surface area contributed by atoms with Gasteiger partial charge in [-0.2, -0.15) is 13.2 Å². The van der Waals surface area contributed by atoms with E-state index in [0.29, 0.717) is 17.0 Å². The second kappa shape index (κ2) is 4.88. The standard InChI is InChI=1S/C12H12F3N3S/c1-3-8-4-7(2)10(19)5-9(8)18-6-16-11(17-18)12(13,14)15/h4-6,19H,3H2,1-2H3. The van der Waals surface area contributed by atoms with Gasteiger partial charge in [-0.15, -0.1) is 17.7 Å². The first-order valence-corrected chi connectivity index (χ1v) is 6.09. The van der Waals surface area contributed by atoms with Crippen LogP contribution in [0, 0.1) is 6.92 Å². The Hall–Kier alpha value is -1.50. The van der Waals surface area contributed by atoms with E-state index < -0.39 is 12.0 Å². The van der Waals surface area contributed by atoms with E-state index in [2.05, 4.69) is 22.7 Å². The minimum Gasteiger partial charge on any atom is -0.220 e. The number of halogens is 3. The molecule has 0 unspecified atom stereocenters. The van der Waals surface area contributed by atoms with Crippen molar-refractivity contribution >= 4 is 12.6 Å². The van der Waals surface area contributed by atoms with Crippen LogP contribution in [0.1, 0.15) is 23.9 Å². The maximum atomic E-state index is 12.5. The first kappa shape index (κ1) is 13.9. The summed E-state index contributed by atoms with van der Waals surface area (Å²) in [5.74, 6) is -1.14. The van der Waals surface area contributed by atoms with Gasteiger partial charge in [-0.1, -0.05) is 13.0 Å². The van der Waals surface area contributed by atoms with Crippen LogP contribution in [0.25, 0.3) is 5.69 Å². The Balaban J connectivity index is 2.53. The fourth-order valence-corrected chi connectivity index (χ4v) is 1.94. The van der Waals surface area contributed by atoms with Crippen molar-refractivity contribution in [1.29, 1.82) is 0 Å². The van der Waals surface area contributed by atoms with Gasteiger partial charge in [0.05, 0.1) is 5.69 Å². The zero-order chi connectivity index (χ0) is 14.2. The molecule has 1 aromatic carbocycles. The lowest BCUT2D eigenvalue weighted by atomic mass is 10.1. The van der Waals surface area contributed by atoms with Gasteiger partial charge in [-0.25, -0.2) is 9.67 Å². The van der Waals surface area contributed by atoms with Gasteiger partial charge in [-0.05, 0) is 30.5 Å². The lowest BCUT2D eigenvalue weighted by Gasteiger charge is -2.10. The molecule has 0 saturated heterocycles. The zero-order valence-corrected chi connectivity index (χ0v) is 11.3. The summed E-state index contributed by atoms with van der Waals surface area (Å²) in [5.41, 5.74) is 2.44. The smallest absolute Gasteiger partial charge is 0.220 e. The van der Waals surface area contributed by atoms with Crippen molar-refractivity contribution in [3.63, 3.8) is 0 Å². The van der Waals surface area contributed by atoms with Gasteiger partial charge in [0.15, 0.2) is 0 Å². The topological polar surface area (TPSA) is 30.7 Å². The summed E-state index contributed by atoms with van der Waals surface area (Å²) in [4.78, 5) is 4.00. The molecule has 0 atom stereocenters. The SMILES string of the molecule is CCc1cc(C)c(S)cc1-n1cnc(C(F)(F)F)n1. The normalized spacial score (nSPS) is 11.9. The maximum absolute atomic E-state index is 12.5. The average molecular weight is 287 g/mol. The minimum absolute atomic E-state index is 0.570. The van der Waals surface area contributed by atoms with Crippen LogP contribution in [-0.2, 0) is 12.6 Å². The molecule has 0 spiro atoms. The van der Waals surface area contributed by atoms with Crippen molar-refractivity contribution in [2.45, 2.75) is 31.3 Å². The van der Waals surface area contributed by atoms with E-state index in [1.165, 1.54) is 0 Å². The first-order valence-electron chi connectivity index (χ1n) is 5.64. The van der Waals surface area contributed by atoms with Crippen LogP contribution in [0.15, 0.2) is 23.4 Å². The third kappa shape index (κ3) is 2.75. The molecule has 2 rings (SSSR count). The lowest BCUT2D eigenvalue weighted by Crippen LogP contribution is -2.09. The average Bonchev–Trinajstić information content (AvgIpc) is 2.81. The molecular weight excluding hydrogens is 275 g/mol. The largest absolute Gasteiger partial charge is 0.453 e. The highest BCUT2D eigenvalue weighted by molar-refractivity contribution is 7.80. The van der Waals surface area contributed by atoms with E-state index in [4.69, 9.17) is 0 Å². The third-order valence-electron chi connectivity index (χ3n) is 2.77. The fraction of sp³-hybridized carbons (Fsp3) is 0.333. The molecule has 1 aromatic heterocycles. The van der Waals surface area contributed by atoms with Crippen LogP contribution in [0.5, 0.6) is 0 Å². The Morgan fingerprint density at radius 1 is 1.32 bits per heavy atom.